The van der Waals surface area contributed by atoms with Crippen LogP contribution in [-0.4, -0.2) is 42.6 Å². The summed E-state index contributed by atoms with van der Waals surface area (Å²) in [5.41, 5.74) is 0.192. The predicted molar refractivity (Wildman–Crippen MR) is 105 cm³/mol. The molecule has 0 atom stereocenters. The third kappa shape index (κ3) is 5.59. The molecule has 8 nitrogen and oxygen atoms in total. The van der Waals surface area contributed by atoms with Crippen molar-refractivity contribution in [3.63, 3.8) is 0 Å². The van der Waals surface area contributed by atoms with Gasteiger partial charge in [0.1, 0.15) is 18.7 Å². The minimum atomic E-state index is -0.508. The Kier molecular flexibility index (Phi) is 7.05. The molecule has 30 heavy (non-hydrogen) atoms. The molecule has 160 valence electrons. The van der Waals surface area contributed by atoms with Crippen LogP contribution in [0, 0.1) is 5.82 Å². The molecule has 1 saturated heterocycles. The molecule has 1 aromatic carbocycles. The van der Waals surface area contributed by atoms with Gasteiger partial charge in [0.05, 0.1) is 6.61 Å². The number of piperidine rings is 1. The number of rotatable bonds is 6. The van der Waals surface area contributed by atoms with Crippen molar-refractivity contribution < 1.29 is 27.9 Å². The van der Waals surface area contributed by atoms with E-state index in [-0.39, 0.29) is 36.1 Å². The van der Waals surface area contributed by atoms with E-state index in [9.17, 15) is 18.8 Å². The number of hydrogen-bond acceptors (Lipinski definition) is 6. The molecule has 1 aliphatic rings. The van der Waals surface area contributed by atoms with Gasteiger partial charge in [0.15, 0.2) is 5.76 Å². The van der Waals surface area contributed by atoms with E-state index in [1.165, 1.54) is 12.1 Å². The number of hydrogen-bond donors (Lipinski definition) is 1. The molecular weight excluding hydrogens is 395 g/mol. The minimum Gasteiger partial charge on any atom is -0.482 e. The van der Waals surface area contributed by atoms with Gasteiger partial charge in [0, 0.05) is 25.2 Å². The maximum atomic E-state index is 12.9. The topological polar surface area (TPSA) is 98.1 Å². The van der Waals surface area contributed by atoms with E-state index in [2.05, 4.69) is 5.32 Å². The summed E-state index contributed by atoms with van der Waals surface area (Å²) in [6.45, 7) is 3.08. The normalized spacial score (nSPS) is 14.3. The summed E-state index contributed by atoms with van der Waals surface area (Å²) < 4.78 is 28.5. The van der Waals surface area contributed by atoms with Crippen LogP contribution in [-0.2, 0) is 11.3 Å². The van der Waals surface area contributed by atoms with Crippen molar-refractivity contribution in [1.82, 2.24) is 10.2 Å². The summed E-state index contributed by atoms with van der Waals surface area (Å²) in [5, 5.41) is 2.81. The molecule has 2 heterocycles. The van der Waals surface area contributed by atoms with E-state index < -0.39 is 11.3 Å². The molecule has 1 N–H and O–H groups in total. The molecule has 2 aromatic rings. The Labute approximate surface area is 172 Å². The minimum absolute atomic E-state index is 0.0429. The Morgan fingerprint density at radius 1 is 1.23 bits per heavy atom. The van der Waals surface area contributed by atoms with Crippen LogP contribution in [0.1, 0.15) is 35.9 Å². The van der Waals surface area contributed by atoms with Gasteiger partial charge in [0.25, 0.3) is 5.91 Å². The molecular formula is C21H23FN2O6. The smallest absolute Gasteiger partial charge is 0.409 e. The van der Waals surface area contributed by atoms with Crippen molar-refractivity contribution in [2.75, 3.05) is 19.7 Å². The summed E-state index contributed by atoms with van der Waals surface area (Å²) in [4.78, 5) is 37.9. The number of carbonyl (C=O) groups is 2. The van der Waals surface area contributed by atoms with Gasteiger partial charge in [-0.05, 0) is 37.5 Å². The first-order valence-corrected chi connectivity index (χ1v) is 9.69. The van der Waals surface area contributed by atoms with Gasteiger partial charge in [0.2, 0.25) is 11.2 Å². The van der Waals surface area contributed by atoms with Crippen LogP contribution in [0.25, 0.3) is 0 Å². The zero-order valence-corrected chi connectivity index (χ0v) is 16.6. The van der Waals surface area contributed by atoms with Gasteiger partial charge < -0.3 is 24.1 Å². The number of benzene rings is 1. The predicted octanol–water partition coefficient (Wildman–Crippen LogP) is 2.71. The summed E-state index contributed by atoms with van der Waals surface area (Å²) in [6.07, 6.45) is 1.88. The largest absolute Gasteiger partial charge is 0.482 e. The highest BCUT2D eigenvalue weighted by Crippen LogP contribution is 2.14. The summed E-state index contributed by atoms with van der Waals surface area (Å²) in [6, 6.07) is 6.63. The van der Waals surface area contributed by atoms with Crippen LogP contribution in [0.5, 0.6) is 5.75 Å². The van der Waals surface area contributed by atoms with Gasteiger partial charge in [-0.15, -0.1) is 0 Å². The lowest BCUT2D eigenvalue weighted by atomic mass is 10.1. The average Bonchev–Trinajstić information content (AvgIpc) is 2.74. The second-order valence-corrected chi connectivity index (χ2v) is 6.82. The lowest BCUT2D eigenvalue weighted by Gasteiger charge is -2.31. The lowest BCUT2D eigenvalue weighted by Crippen LogP contribution is -2.46. The lowest BCUT2D eigenvalue weighted by molar-refractivity contribution is 0.0838. The van der Waals surface area contributed by atoms with Crippen molar-refractivity contribution in [2.24, 2.45) is 0 Å². The summed E-state index contributed by atoms with van der Waals surface area (Å²) in [5.74, 6) is -1.03. The van der Waals surface area contributed by atoms with Crippen molar-refractivity contribution in [2.45, 2.75) is 32.4 Å². The van der Waals surface area contributed by atoms with Gasteiger partial charge in [-0.3, -0.25) is 9.59 Å². The van der Waals surface area contributed by atoms with Crippen LogP contribution in [0.3, 0.4) is 0 Å². The maximum absolute atomic E-state index is 12.9. The standard InChI is InChI=1S/C21H23FN2O6/c1-2-28-21(27)24-9-7-16(8-10-24)23-20(26)18-11-17(25)19(13-30-18)29-12-14-3-5-15(22)6-4-14/h3-6,11,13,16H,2,7-10,12H2,1H3,(H,23,26). The first-order valence-electron chi connectivity index (χ1n) is 9.69. The van der Waals surface area contributed by atoms with Gasteiger partial charge in [-0.1, -0.05) is 12.1 Å². The number of nitrogens with one attached hydrogen (secondary N) is 1. The number of ether oxygens (including phenoxy) is 2. The number of halogens is 1. The van der Waals surface area contributed by atoms with Crippen molar-refractivity contribution in [1.29, 1.82) is 0 Å². The number of amides is 2. The number of carbonyl (C=O) groups excluding carboxylic acids is 2. The Morgan fingerprint density at radius 2 is 1.93 bits per heavy atom. The molecule has 2 amide bonds. The molecule has 1 aromatic heterocycles. The molecule has 0 saturated carbocycles. The Hall–Kier alpha value is -3.36. The molecule has 1 fully saturated rings. The SMILES string of the molecule is CCOC(=O)N1CCC(NC(=O)c2cc(=O)c(OCc3ccc(F)cc3)co2)CC1. The second kappa shape index (κ2) is 9.91. The highest BCUT2D eigenvalue weighted by Gasteiger charge is 2.25. The maximum Gasteiger partial charge on any atom is 0.409 e. The van der Waals surface area contributed by atoms with Crippen molar-refractivity contribution in [3.05, 3.63) is 64.0 Å². The summed E-state index contributed by atoms with van der Waals surface area (Å²) >= 11 is 0. The van der Waals surface area contributed by atoms with Crippen LogP contribution >= 0.6 is 0 Å². The molecule has 0 bridgehead atoms. The fourth-order valence-electron chi connectivity index (χ4n) is 3.04. The quantitative estimate of drug-likeness (QED) is 0.775. The van der Waals surface area contributed by atoms with Crippen molar-refractivity contribution in [3.8, 4) is 5.75 Å². The Balaban J connectivity index is 1.52. The van der Waals surface area contributed by atoms with Crippen LogP contribution in [0.15, 0.2) is 45.8 Å². The zero-order valence-electron chi connectivity index (χ0n) is 16.6. The molecule has 0 aliphatic carbocycles. The number of likely N-dealkylation sites (tertiary alicyclic amines) is 1. The van der Waals surface area contributed by atoms with Crippen LogP contribution in [0.4, 0.5) is 9.18 Å². The Bertz CT molecular complexity index is 935. The van der Waals surface area contributed by atoms with E-state index >= 15 is 0 Å². The summed E-state index contributed by atoms with van der Waals surface area (Å²) in [7, 11) is 0. The molecule has 0 unspecified atom stereocenters. The first-order chi connectivity index (χ1) is 14.5. The molecule has 0 radical (unpaired) electrons. The highest BCUT2D eigenvalue weighted by molar-refractivity contribution is 5.91. The first kappa shape index (κ1) is 21.4. The monoisotopic (exact) mass is 418 g/mol. The molecule has 3 rings (SSSR count). The third-order valence-corrected chi connectivity index (χ3v) is 4.69. The Morgan fingerprint density at radius 3 is 2.57 bits per heavy atom. The zero-order chi connectivity index (χ0) is 21.5. The van der Waals surface area contributed by atoms with Crippen LogP contribution < -0.4 is 15.5 Å². The molecule has 0 spiro atoms. The van der Waals surface area contributed by atoms with Gasteiger partial charge >= 0.3 is 6.09 Å². The van der Waals surface area contributed by atoms with E-state index in [1.54, 1.807) is 24.0 Å². The molecule has 1 aliphatic heterocycles. The van der Waals surface area contributed by atoms with Crippen LogP contribution in [0.2, 0.25) is 0 Å². The fraction of sp³-hybridized carbons (Fsp3) is 0.381. The second-order valence-electron chi connectivity index (χ2n) is 6.82. The highest BCUT2D eigenvalue weighted by atomic mass is 19.1. The van der Waals surface area contributed by atoms with E-state index in [4.69, 9.17) is 13.9 Å². The molecule has 9 heteroatoms. The van der Waals surface area contributed by atoms with Gasteiger partial charge in [-0.2, -0.15) is 0 Å². The van der Waals surface area contributed by atoms with Gasteiger partial charge in [-0.25, -0.2) is 9.18 Å². The fourth-order valence-corrected chi connectivity index (χ4v) is 3.04. The number of nitrogens with zero attached hydrogens (tertiary/aromatic N) is 1. The van der Waals surface area contributed by atoms with E-state index in [0.717, 1.165) is 12.3 Å². The average molecular weight is 418 g/mol. The van der Waals surface area contributed by atoms with Crippen molar-refractivity contribution >= 4 is 12.0 Å². The van der Waals surface area contributed by atoms with E-state index in [0.29, 0.717) is 38.1 Å². The van der Waals surface area contributed by atoms with E-state index in [1.807, 2.05) is 0 Å². The third-order valence-electron chi connectivity index (χ3n) is 4.69.